The van der Waals surface area contributed by atoms with Crippen LogP contribution in [-0.4, -0.2) is 15.0 Å². The molecule has 1 aromatic rings. The third kappa shape index (κ3) is 4.55. The van der Waals surface area contributed by atoms with Crippen LogP contribution in [0.25, 0.3) is 0 Å². The standard InChI is InChI=1S/C16H22N2O2S/c1-13-3-2-4-15(11-13)12-18-21(19,20)16-7-5-14(6-8-16)9-10-17/h5-8,13,15,18H,2-4,9,11-12H2,1H3. The third-order valence-electron chi connectivity index (χ3n) is 4.12. The van der Waals surface area contributed by atoms with Gasteiger partial charge in [0.25, 0.3) is 0 Å². The first-order valence-electron chi connectivity index (χ1n) is 7.47. The predicted octanol–water partition coefficient (Wildman–Crippen LogP) is 2.86. The van der Waals surface area contributed by atoms with E-state index in [0.717, 1.165) is 18.4 Å². The molecule has 5 heteroatoms. The van der Waals surface area contributed by atoms with Gasteiger partial charge in [-0.05, 0) is 42.4 Å². The van der Waals surface area contributed by atoms with Crippen molar-refractivity contribution in [2.75, 3.05) is 6.54 Å². The van der Waals surface area contributed by atoms with Gasteiger partial charge in [0.05, 0.1) is 17.4 Å². The fraction of sp³-hybridized carbons (Fsp3) is 0.562. The van der Waals surface area contributed by atoms with Crippen LogP contribution in [0.1, 0.15) is 38.2 Å². The summed E-state index contributed by atoms with van der Waals surface area (Å²) in [7, 11) is -3.44. The van der Waals surface area contributed by atoms with E-state index in [0.29, 0.717) is 24.8 Å². The second-order valence-corrected chi connectivity index (χ2v) is 7.74. The first kappa shape index (κ1) is 16.0. The molecule has 0 amide bonds. The molecule has 1 aliphatic carbocycles. The van der Waals surface area contributed by atoms with E-state index in [4.69, 9.17) is 5.26 Å². The molecular weight excluding hydrogens is 284 g/mol. The van der Waals surface area contributed by atoms with E-state index in [-0.39, 0.29) is 4.90 Å². The first-order valence-corrected chi connectivity index (χ1v) is 8.95. The van der Waals surface area contributed by atoms with E-state index >= 15 is 0 Å². The van der Waals surface area contributed by atoms with Crippen LogP contribution in [0, 0.1) is 23.2 Å². The van der Waals surface area contributed by atoms with E-state index in [1.54, 1.807) is 24.3 Å². The van der Waals surface area contributed by atoms with Gasteiger partial charge in [0.2, 0.25) is 10.0 Å². The third-order valence-corrected chi connectivity index (χ3v) is 5.56. The summed E-state index contributed by atoms with van der Waals surface area (Å²) in [6, 6.07) is 8.58. The molecule has 1 N–H and O–H groups in total. The Morgan fingerprint density at radius 2 is 2.00 bits per heavy atom. The first-order chi connectivity index (χ1) is 10.0. The second kappa shape index (κ2) is 7.06. The number of nitrogens with one attached hydrogen (secondary N) is 1. The normalized spacial score (nSPS) is 22.7. The Bertz CT molecular complexity index is 602. The largest absolute Gasteiger partial charge is 0.240 e. The zero-order valence-electron chi connectivity index (χ0n) is 12.4. The van der Waals surface area contributed by atoms with Gasteiger partial charge in [-0.1, -0.05) is 31.9 Å². The molecule has 0 heterocycles. The maximum Gasteiger partial charge on any atom is 0.240 e. The van der Waals surface area contributed by atoms with Crippen LogP contribution in [0.4, 0.5) is 0 Å². The van der Waals surface area contributed by atoms with Crippen molar-refractivity contribution in [2.45, 2.75) is 43.9 Å². The van der Waals surface area contributed by atoms with Crippen LogP contribution in [0.15, 0.2) is 29.2 Å². The fourth-order valence-corrected chi connectivity index (χ4v) is 4.05. The molecule has 0 bridgehead atoms. The SMILES string of the molecule is CC1CCCC(CNS(=O)(=O)c2ccc(CC#N)cc2)C1. The van der Waals surface area contributed by atoms with Gasteiger partial charge >= 0.3 is 0 Å². The summed E-state index contributed by atoms with van der Waals surface area (Å²) < 4.78 is 27.2. The number of nitrogens with zero attached hydrogens (tertiary/aromatic N) is 1. The van der Waals surface area contributed by atoms with E-state index < -0.39 is 10.0 Å². The smallest absolute Gasteiger partial charge is 0.211 e. The summed E-state index contributed by atoms with van der Waals surface area (Å²) in [4.78, 5) is 0.271. The van der Waals surface area contributed by atoms with Crippen molar-refractivity contribution in [3.05, 3.63) is 29.8 Å². The molecule has 0 radical (unpaired) electrons. The summed E-state index contributed by atoms with van der Waals surface area (Å²) in [6.07, 6.45) is 4.95. The lowest BCUT2D eigenvalue weighted by molar-refractivity contribution is 0.283. The Morgan fingerprint density at radius 3 is 2.62 bits per heavy atom. The highest BCUT2D eigenvalue weighted by atomic mass is 32.2. The van der Waals surface area contributed by atoms with Crippen molar-refractivity contribution in [3.63, 3.8) is 0 Å². The predicted molar refractivity (Wildman–Crippen MR) is 82.1 cm³/mol. The van der Waals surface area contributed by atoms with Crippen LogP contribution in [0.3, 0.4) is 0 Å². The maximum absolute atomic E-state index is 12.2. The van der Waals surface area contributed by atoms with Gasteiger partial charge in [-0.25, -0.2) is 13.1 Å². The van der Waals surface area contributed by atoms with Gasteiger partial charge in [-0.3, -0.25) is 0 Å². The van der Waals surface area contributed by atoms with Crippen molar-refractivity contribution < 1.29 is 8.42 Å². The summed E-state index contributed by atoms with van der Waals surface area (Å²) in [5.74, 6) is 1.14. The molecule has 0 aliphatic heterocycles. The summed E-state index contributed by atoms with van der Waals surface area (Å²) in [5, 5.41) is 8.62. The minimum Gasteiger partial charge on any atom is -0.211 e. The summed E-state index contributed by atoms with van der Waals surface area (Å²) in [6.45, 7) is 2.75. The molecule has 2 atom stereocenters. The lowest BCUT2D eigenvalue weighted by atomic mass is 9.83. The van der Waals surface area contributed by atoms with Crippen LogP contribution in [-0.2, 0) is 16.4 Å². The molecule has 1 aromatic carbocycles. The molecular formula is C16H22N2O2S. The molecule has 0 spiro atoms. The Labute approximate surface area is 127 Å². The molecule has 2 unspecified atom stereocenters. The Morgan fingerprint density at radius 1 is 1.29 bits per heavy atom. The quantitative estimate of drug-likeness (QED) is 0.909. The van der Waals surface area contributed by atoms with Crippen molar-refractivity contribution in [1.82, 2.24) is 4.72 Å². The maximum atomic E-state index is 12.2. The fourth-order valence-electron chi connectivity index (χ4n) is 2.93. The van der Waals surface area contributed by atoms with Gasteiger partial charge in [0.1, 0.15) is 0 Å². The van der Waals surface area contributed by atoms with Gasteiger partial charge in [0.15, 0.2) is 0 Å². The van der Waals surface area contributed by atoms with Crippen molar-refractivity contribution in [3.8, 4) is 6.07 Å². The van der Waals surface area contributed by atoms with Crippen LogP contribution in [0.5, 0.6) is 0 Å². The molecule has 0 saturated heterocycles. The monoisotopic (exact) mass is 306 g/mol. The second-order valence-electron chi connectivity index (χ2n) is 5.97. The van der Waals surface area contributed by atoms with Gasteiger partial charge in [-0.15, -0.1) is 0 Å². The van der Waals surface area contributed by atoms with E-state index in [2.05, 4.69) is 11.6 Å². The average molecular weight is 306 g/mol. The van der Waals surface area contributed by atoms with Gasteiger partial charge in [-0.2, -0.15) is 5.26 Å². The van der Waals surface area contributed by atoms with Crippen LogP contribution < -0.4 is 4.72 Å². The average Bonchev–Trinajstić information content (AvgIpc) is 2.46. The van der Waals surface area contributed by atoms with Gasteiger partial charge in [0, 0.05) is 6.54 Å². The number of benzene rings is 1. The molecule has 1 saturated carbocycles. The number of nitriles is 1. The van der Waals surface area contributed by atoms with E-state index in [1.807, 2.05) is 6.07 Å². The zero-order valence-corrected chi connectivity index (χ0v) is 13.2. The summed E-state index contributed by atoms with van der Waals surface area (Å²) >= 11 is 0. The topological polar surface area (TPSA) is 70.0 Å². The Balaban J connectivity index is 1.96. The number of rotatable bonds is 5. The highest BCUT2D eigenvalue weighted by Crippen LogP contribution is 2.28. The Kier molecular flexibility index (Phi) is 5.38. The molecule has 0 aromatic heterocycles. The molecule has 1 aliphatic rings. The molecule has 2 rings (SSSR count). The van der Waals surface area contributed by atoms with E-state index in [1.165, 1.54) is 12.8 Å². The van der Waals surface area contributed by atoms with Crippen LogP contribution in [0.2, 0.25) is 0 Å². The van der Waals surface area contributed by atoms with Crippen molar-refractivity contribution >= 4 is 10.0 Å². The zero-order chi connectivity index (χ0) is 15.3. The molecule has 114 valence electrons. The lowest BCUT2D eigenvalue weighted by Gasteiger charge is -2.26. The minimum atomic E-state index is -3.44. The van der Waals surface area contributed by atoms with Gasteiger partial charge < -0.3 is 0 Å². The number of hydrogen-bond donors (Lipinski definition) is 1. The number of hydrogen-bond acceptors (Lipinski definition) is 3. The van der Waals surface area contributed by atoms with Crippen LogP contribution >= 0.6 is 0 Å². The van der Waals surface area contributed by atoms with E-state index in [9.17, 15) is 8.42 Å². The minimum absolute atomic E-state index is 0.271. The summed E-state index contributed by atoms with van der Waals surface area (Å²) in [5.41, 5.74) is 0.831. The Hall–Kier alpha value is -1.38. The number of sulfonamides is 1. The highest BCUT2D eigenvalue weighted by molar-refractivity contribution is 7.89. The molecule has 1 fully saturated rings. The van der Waals surface area contributed by atoms with Crippen molar-refractivity contribution in [2.24, 2.45) is 11.8 Å². The van der Waals surface area contributed by atoms with Crippen molar-refractivity contribution in [1.29, 1.82) is 5.26 Å². The molecule has 21 heavy (non-hydrogen) atoms. The highest BCUT2D eigenvalue weighted by Gasteiger charge is 2.21. The molecule has 4 nitrogen and oxygen atoms in total. The lowest BCUT2D eigenvalue weighted by Crippen LogP contribution is -2.31.